The molecule has 0 atom stereocenters. The van der Waals surface area contributed by atoms with Crippen molar-refractivity contribution in [3.8, 4) is 28.9 Å². The number of allylic oxidation sites excluding steroid dienone is 1. The van der Waals surface area contributed by atoms with Gasteiger partial charge < -0.3 is 23.8 Å². The lowest BCUT2D eigenvalue weighted by molar-refractivity contribution is -0.127. The van der Waals surface area contributed by atoms with E-state index >= 15 is 0 Å². The maximum absolute atomic E-state index is 13.3. The molecule has 8 nitrogen and oxygen atoms in total. The third-order valence-electron chi connectivity index (χ3n) is 9.12. The summed E-state index contributed by atoms with van der Waals surface area (Å²) in [5.41, 5.74) is 5.91. The topological polar surface area (TPSA) is 73.4 Å². The zero-order chi connectivity index (χ0) is 37.2. The van der Waals surface area contributed by atoms with E-state index in [0.717, 1.165) is 59.8 Å². The summed E-state index contributed by atoms with van der Waals surface area (Å²) in [6.45, 7) is 8.62. The van der Waals surface area contributed by atoms with Crippen molar-refractivity contribution in [3.05, 3.63) is 147 Å². The zero-order valence-corrected chi connectivity index (χ0v) is 33.8. The molecule has 2 heterocycles. The number of carbonyl (C=O) groups is 1. The summed E-state index contributed by atoms with van der Waals surface area (Å²) in [4.78, 5) is 22.0. The van der Waals surface area contributed by atoms with Crippen molar-refractivity contribution in [2.75, 3.05) is 39.9 Å². The molecule has 6 rings (SSSR count). The molecular formula is C43H44BrCl2N3O5. The molecular weight excluding hydrogens is 789 g/mol. The summed E-state index contributed by atoms with van der Waals surface area (Å²) in [6.07, 6.45) is 4.13. The zero-order valence-electron chi connectivity index (χ0n) is 30.6. The number of amides is 1. The first-order valence-electron chi connectivity index (χ1n) is 17.6. The number of carbonyl (C=O) groups excluding carboxylic acids is 1. The highest BCUT2D eigenvalue weighted by atomic mass is 79.9. The molecule has 1 saturated heterocycles. The molecule has 4 aromatic carbocycles. The Bertz CT molecular complexity index is 1990. The number of hydrogen-bond donors (Lipinski definition) is 0. The van der Waals surface area contributed by atoms with E-state index < -0.39 is 0 Å². The third kappa shape index (κ3) is 11.2. The normalized spacial score (nSPS) is 13.2. The molecule has 11 heteroatoms. The maximum Gasteiger partial charge on any atom is 0.246 e. The van der Waals surface area contributed by atoms with Crippen LogP contribution in [0.2, 0.25) is 10.0 Å². The largest absolute Gasteiger partial charge is 0.497 e. The first kappa shape index (κ1) is 40.6. The van der Waals surface area contributed by atoms with E-state index in [1.54, 1.807) is 31.5 Å². The average molecular weight is 834 g/mol. The van der Waals surface area contributed by atoms with Crippen LogP contribution in [-0.2, 0) is 24.4 Å². The highest BCUT2D eigenvalue weighted by Gasteiger charge is 2.21. The number of rotatable bonds is 14. The van der Waals surface area contributed by atoms with Gasteiger partial charge in [-0.3, -0.25) is 9.69 Å². The van der Waals surface area contributed by atoms with Gasteiger partial charge in [-0.15, -0.1) is 17.0 Å². The molecule has 1 aliphatic rings. The van der Waals surface area contributed by atoms with Crippen LogP contribution in [-0.4, -0.2) is 60.6 Å². The molecule has 1 amide bonds. The maximum atomic E-state index is 13.3. The average Bonchev–Trinajstić information content (AvgIpc) is 3.17. The van der Waals surface area contributed by atoms with Gasteiger partial charge in [0.1, 0.15) is 23.9 Å². The van der Waals surface area contributed by atoms with Gasteiger partial charge in [0.2, 0.25) is 11.8 Å². The minimum absolute atomic E-state index is 0. The lowest BCUT2D eigenvalue weighted by atomic mass is 10.0. The molecule has 0 saturated carbocycles. The van der Waals surface area contributed by atoms with Crippen molar-refractivity contribution in [2.24, 2.45) is 0 Å². The number of nitrogens with zero attached hydrogens (tertiary/aromatic N) is 3. The second-order valence-corrected chi connectivity index (χ2v) is 13.8. The second kappa shape index (κ2) is 19.7. The number of aryl methyl sites for hydroxylation is 1. The van der Waals surface area contributed by atoms with Gasteiger partial charge in [-0.05, 0) is 90.2 Å². The molecule has 1 aromatic heterocycles. The Labute approximate surface area is 338 Å². The number of ether oxygens (including phenoxy) is 4. The fraction of sp³-hybridized carbons (Fsp3) is 0.256. The molecule has 0 aliphatic carbocycles. The number of aromatic nitrogens is 1. The van der Waals surface area contributed by atoms with Gasteiger partial charge in [-0.2, -0.15) is 0 Å². The van der Waals surface area contributed by atoms with Crippen molar-refractivity contribution >= 4 is 51.7 Å². The van der Waals surface area contributed by atoms with Crippen LogP contribution in [0.5, 0.6) is 28.9 Å². The molecule has 0 bridgehead atoms. The van der Waals surface area contributed by atoms with Crippen molar-refractivity contribution in [1.82, 2.24) is 14.8 Å². The number of halogens is 3. The number of hydrogen-bond acceptors (Lipinski definition) is 7. The highest BCUT2D eigenvalue weighted by Crippen LogP contribution is 2.35. The molecule has 282 valence electrons. The Kier molecular flexibility index (Phi) is 14.8. The monoisotopic (exact) mass is 831 g/mol. The summed E-state index contributed by atoms with van der Waals surface area (Å²) in [6, 6.07) is 31.2. The van der Waals surface area contributed by atoms with Gasteiger partial charge in [0.25, 0.3) is 0 Å². The predicted octanol–water partition coefficient (Wildman–Crippen LogP) is 10.0. The van der Waals surface area contributed by atoms with Crippen molar-refractivity contribution < 1.29 is 23.7 Å². The van der Waals surface area contributed by atoms with Gasteiger partial charge in [0.05, 0.1) is 24.9 Å². The van der Waals surface area contributed by atoms with Crippen LogP contribution < -0.4 is 18.9 Å². The van der Waals surface area contributed by atoms with Crippen molar-refractivity contribution in [1.29, 1.82) is 0 Å². The quantitative estimate of drug-likeness (QED) is 0.103. The van der Waals surface area contributed by atoms with E-state index in [-0.39, 0.29) is 22.9 Å². The third-order valence-corrected chi connectivity index (χ3v) is 9.77. The molecule has 0 N–H and O–H groups in total. The lowest BCUT2D eigenvalue weighted by Crippen LogP contribution is -2.47. The van der Waals surface area contributed by atoms with Crippen LogP contribution in [0.1, 0.15) is 34.7 Å². The smallest absolute Gasteiger partial charge is 0.246 e. The van der Waals surface area contributed by atoms with Crippen LogP contribution in [0.3, 0.4) is 0 Å². The lowest BCUT2D eigenvalue weighted by Gasteiger charge is -2.34. The van der Waals surface area contributed by atoms with Gasteiger partial charge >= 0.3 is 0 Å². The number of pyridine rings is 1. The van der Waals surface area contributed by atoms with Crippen LogP contribution in [0.15, 0.2) is 109 Å². The van der Waals surface area contributed by atoms with Gasteiger partial charge in [-0.1, -0.05) is 65.7 Å². The SMILES string of the molecule is Br.COc1ccc(OCCc2ccc(CN3CCN(C(=O)/C=C(/C)c4cc(C)c(Oc5ccc(OCc6ccccc6Cl)cn5)c(Cl)c4)CC3)cc2)cc1. The van der Waals surface area contributed by atoms with E-state index in [2.05, 4.69) is 34.1 Å². The summed E-state index contributed by atoms with van der Waals surface area (Å²) in [5, 5.41) is 1.09. The summed E-state index contributed by atoms with van der Waals surface area (Å²) in [7, 11) is 1.65. The minimum Gasteiger partial charge on any atom is -0.497 e. The fourth-order valence-corrected chi connectivity index (χ4v) is 6.49. The summed E-state index contributed by atoms with van der Waals surface area (Å²) < 4.78 is 23.0. The predicted molar refractivity (Wildman–Crippen MR) is 221 cm³/mol. The Balaban J connectivity index is 0.00000561. The molecule has 1 fully saturated rings. The van der Waals surface area contributed by atoms with Crippen LogP contribution in [0, 0.1) is 6.92 Å². The van der Waals surface area contributed by atoms with E-state index in [0.29, 0.717) is 53.7 Å². The second-order valence-electron chi connectivity index (χ2n) is 12.9. The molecule has 0 radical (unpaired) electrons. The van der Waals surface area contributed by atoms with E-state index in [1.807, 2.05) is 79.4 Å². The number of methoxy groups -OCH3 is 1. The summed E-state index contributed by atoms with van der Waals surface area (Å²) in [5.74, 6) is 3.14. The van der Waals surface area contributed by atoms with Crippen LogP contribution in [0.4, 0.5) is 0 Å². The number of benzene rings is 4. The van der Waals surface area contributed by atoms with Crippen LogP contribution in [0.25, 0.3) is 5.57 Å². The molecule has 1 aliphatic heterocycles. The van der Waals surface area contributed by atoms with E-state index in [4.69, 9.17) is 42.1 Å². The Hall–Kier alpha value is -4.54. The molecule has 54 heavy (non-hydrogen) atoms. The Morgan fingerprint density at radius 3 is 2.17 bits per heavy atom. The Morgan fingerprint density at radius 2 is 1.50 bits per heavy atom. The van der Waals surface area contributed by atoms with E-state index in [9.17, 15) is 4.79 Å². The van der Waals surface area contributed by atoms with Crippen molar-refractivity contribution in [2.45, 2.75) is 33.4 Å². The van der Waals surface area contributed by atoms with Crippen molar-refractivity contribution in [3.63, 3.8) is 0 Å². The molecule has 5 aromatic rings. The Morgan fingerprint density at radius 1 is 0.815 bits per heavy atom. The first-order valence-corrected chi connectivity index (χ1v) is 18.3. The van der Waals surface area contributed by atoms with Gasteiger partial charge in [-0.25, -0.2) is 4.98 Å². The minimum atomic E-state index is -0.00138. The van der Waals surface area contributed by atoms with E-state index in [1.165, 1.54) is 11.1 Å². The molecule has 0 unspecified atom stereocenters. The first-order chi connectivity index (χ1) is 25.7. The fourth-order valence-electron chi connectivity index (χ4n) is 6.00. The van der Waals surface area contributed by atoms with Gasteiger partial charge in [0.15, 0.2) is 5.75 Å². The summed E-state index contributed by atoms with van der Waals surface area (Å²) >= 11 is 12.9. The van der Waals surface area contributed by atoms with Gasteiger partial charge in [0, 0.05) is 61.9 Å². The number of piperazine rings is 1. The van der Waals surface area contributed by atoms with Crippen LogP contribution >= 0.6 is 40.2 Å². The highest BCUT2D eigenvalue weighted by molar-refractivity contribution is 8.93. The standard InChI is InChI=1S/C43H43Cl2N3O5.BrH/c1-30(35-24-31(2)43(40(45)26-35)53-41-17-16-38(27-46-41)52-29-34-6-4-5-7-39(34)44)25-42(49)48-21-19-47(20-22-48)28-33-10-8-32(9-11-33)18-23-51-37-14-12-36(50-3)13-15-37;/h4-17,24-27H,18-23,28-29H2,1-3H3;1H/b30-25-;. The molecule has 0 spiro atoms.